The van der Waals surface area contributed by atoms with Crippen LogP contribution in [0.1, 0.15) is 15.9 Å². The lowest BCUT2D eigenvalue weighted by Gasteiger charge is -2.35. The maximum Gasteiger partial charge on any atom is 0.253 e. The fourth-order valence-electron chi connectivity index (χ4n) is 3.83. The zero-order valence-electron chi connectivity index (χ0n) is 17.2. The summed E-state index contributed by atoms with van der Waals surface area (Å²) in [5, 5.41) is 2.87. The van der Waals surface area contributed by atoms with E-state index in [4.69, 9.17) is 4.74 Å². The van der Waals surface area contributed by atoms with Gasteiger partial charge in [0.05, 0.1) is 12.2 Å². The van der Waals surface area contributed by atoms with Crippen LogP contribution in [0.3, 0.4) is 0 Å². The molecule has 0 aliphatic carbocycles. The maximum atomic E-state index is 13.3. The number of carbonyl (C=O) groups is 1. The Balaban J connectivity index is 1.44. The summed E-state index contributed by atoms with van der Waals surface area (Å²) in [5.41, 5.74) is 2.36. The van der Waals surface area contributed by atoms with E-state index in [1.54, 1.807) is 19.2 Å². The average molecular weight is 410 g/mol. The van der Waals surface area contributed by atoms with Crippen LogP contribution in [0, 0.1) is 5.82 Å². The van der Waals surface area contributed by atoms with Crippen molar-refractivity contribution >= 4 is 17.2 Å². The minimum absolute atomic E-state index is 0.176. The van der Waals surface area contributed by atoms with Crippen molar-refractivity contribution in [1.82, 2.24) is 14.6 Å². The molecule has 1 aromatic carbocycles. The predicted molar refractivity (Wildman–Crippen MR) is 115 cm³/mol. The summed E-state index contributed by atoms with van der Waals surface area (Å²) >= 11 is 0. The smallest absolute Gasteiger partial charge is 0.253 e. The van der Waals surface area contributed by atoms with Gasteiger partial charge < -0.3 is 19.4 Å². The van der Waals surface area contributed by atoms with Crippen LogP contribution < -0.4 is 10.2 Å². The van der Waals surface area contributed by atoms with Crippen LogP contribution in [0.2, 0.25) is 0 Å². The third kappa shape index (κ3) is 4.63. The molecular formula is C23H27FN4O2. The molecule has 158 valence electrons. The largest absolute Gasteiger partial charge is 0.383 e. The van der Waals surface area contributed by atoms with Crippen molar-refractivity contribution in [2.75, 3.05) is 51.3 Å². The van der Waals surface area contributed by atoms with Crippen molar-refractivity contribution in [3.8, 4) is 0 Å². The summed E-state index contributed by atoms with van der Waals surface area (Å²) in [6.07, 6.45) is 1.88. The Morgan fingerprint density at radius 2 is 1.90 bits per heavy atom. The van der Waals surface area contributed by atoms with Crippen molar-refractivity contribution in [2.24, 2.45) is 0 Å². The molecule has 4 rings (SSSR count). The van der Waals surface area contributed by atoms with Crippen molar-refractivity contribution in [3.05, 3.63) is 71.7 Å². The van der Waals surface area contributed by atoms with Gasteiger partial charge in [0, 0.05) is 58.1 Å². The average Bonchev–Trinajstić information content (AvgIpc) is 3.20. The van der Waals surface area contributed by atoms with Crippen LogP contribution in [0.15, 0.2) is 54.7 Å². The minimum Gasteiger partial charge on any atom is -0.383 e. The number of halogens is 1. The van der Waals surface area contributed by atoms with Gasteiger partial charge in [0.25, 0.3) is 5.91 Å². The number of amides is 1. The molecule has 1 N–H and O–H groups in total. The number of benzene rings is 1. The Kier molecular flexibility index (Phi) is 6.30. The van der Waals surface area contributed by atoms with Gasteiger partial charge in [-0.2, -0.15) is 0 Å². The third-order valence-electron chi connectivity index (χ3n) is 5.54. The lowest BCUT2D eigenvalue weighted by atomic mass is 10.2. The van der Waals surface area contributed by atoms with Gasteiger partial charge in [0.2, 0.25) is 0 Å². The van der Waals surface area contributed by atoms with E-state index in [0.717, 1.165) is 56.2 Å². The number of rotatable bonds is 7. The van der Waals surface area contributed by atoms with E-state index in [1.807, 2.05) is 18.3 Å². The Morgan fingerprint density at radius 3 is 2.67 bits per heavy atom. The molecule has 0 spiro atoms. The molecule has 0 unspecified atom stereocenters. The molecule has 0 bridgehead atoms. The van der Waals surface area contributed by atoms with Crippen molar-refractivity contribution in [1.29, 1.82) is 0 Å². The number of hydrogen-bond acceptors (Lipinski definition) is 4. The molecule has 30 heavy (non-hydrogen) atoms. The Labute approximate surface area is 175 Å². The van der Waals surface area contributed by atoms with Crippen LogP contribution in [-0.2, 0) is 11.3 Å². The lowest BCUT2D eigenvalue weighted by molar-refractivity contribution is 0.0950. The first kappa shape index (κ1) is 20.4. The monoisotopic (exact) mass is 410 g/mol. The van der Waals surface area contributed by atoms with Gasteiger partial charge in [-0.1, -0.05) is 12.1 Å². The number of hydrogen-bond donors (Lipinski definition) is 1. The highest BCUT2D eigenvalue weighted by Crippen LogP contribution is 2.22. The highest BCUT2D eigenvalue weighted by molar-refractivity contribution is 5.94. The number of pyridine rings is 1. The summed E-state index contributed by atoms with van der Waals surface area (Å²) in [4.78, 5) is 17.4. The minimum atomic E-state index is -0.303. The second kappa shape index (κ2) is 9.28. The van der Waals surface area contributed by atoms with Crippen molar-refractivity contribution in [2.45, 2.75) is 6.54 Å². The molecule has 3 heterocycles. The molecule has 2 aromatic heterocycles. The first-order valence-electron chi connectivity index (χ1n) is 10.2. The highest BCUT2D eigenvalue weighted by atomic mass is 19.1. The van der Waals surface area contributed by atoms with E-state index in [0.29, 0.717) is 5.56 Å². The number of ether oxygens (including phenoxy) is 1. The number of methoxy groups -OCH3 is 1. The van der Waals surface area contributed by atoms with Gasteiger partial charge in [-0.25, -0.2) is 4.39 Å². The van der Waals surface area contributed by atoms with Crippen molar-refractivity contribution in [3.63, 3.8) is 0 Å². The molecule has 0 atom stereocenters. The van der Waals surface area contributed by atoms with Crippen LogP contribution in [-0.4, -0.2) is 61.6 Å². The van der Waals surface area contributed by atoms with Crippen LogP contribution in [0.5, 0.6) is 0 Å². The SMILES string of the molecule is COCCN1CCN(c2ccc3ccc(C(=O)NCc4cccc(F)c4)cn23)CC1. The molecule has 1 aliphatic heterocycles. The molecule has 1 amide bonds. The summed E-state index contributed by atoms with van der Waals surface area (Å²) in [7, 11) is 1.73. The van der Waals surface area contributed by atoms with Gasteiger partial charge in [-0.3, -0.25) is 9.69 Å². The molecule has 1 aliphatic rings. The van der Waals surface area contributed by atoms with Crippen LogP contribution >= 0.6 is 0 Å². The number of carbonyl (C=O) groups excluding carboxylic acids is 1. The van der Waals surface area contributed by atoms with Gasteiger partial charge >= 0.3 is 0 Å². The molecule has 0 saturated carbocycles. The fraction of sp³-hybridized carbons (Fsp3) is 0.348. The van der Waals surface area contributed by atoms with Gasteiger partial charge in [-0.15, -0.1) is 0 Å². The van der Waals surface area contributed by atoms with E-state index in [1.165, 1.54) is 12.1 Å². The first-order valence-corrected chi connectivity index (χ1v) is 10.2. The van der Waals surface area contributed by atoms with Gasteiger partial charge in [0.1, 0.15) is 11.6 Å². The van der Waals surface area contributed by atoms with Gasteiger partial charge in [-0.05, 0) is 42.0 Å². The molecule has 3 aromatic rings. The predicted octanol–water partition coefficient (Wildman–Crippen LogP) is 2.78. The summed E-state index contributed by atoms with van der Waals surface area (Å²) < 4.78 is 20.6. The van der Waals surface area contributed by atoms with E-state index >= 15 is 0 Å². The van der Waals surface area contributed by atoms with Crippen molar-refractivity contribution < 1.29 is 13.9 Å². The summed E-state index contributed by atoms with van der Waals surface area (Å²) in [6, 6.07) is 14.2. The second-order valence-corrected chi connectivity index (χ2v) is 7.54. The molecule has 7 heteroatoms. The number of piperazine rings is 1. The summed E-state index contributed by atoms with van der Waals surface area (Å²) in [6.45, 7) is 5.85. The summed E-state index contributed by atoms with van der Waals surface area (Å²) in [5.74, 6) is 0.615. The number of aromatic nitrogens is 1. The standard InChI is InChI=1S/C23H27FN4O2/c1-30-14-13-26-9-11-27(12-10-26)22-8-7-21-6-5-19(17-28(21)22)23(29)25-16-18-3-2-4-20(24)15-18/h2-8,15,17H,9-14,16H2,1H3,(H,25,29). The lowest BCUT2D eigenvalue weighted by Crippen LogP contribution is -2.47. The molecule has 1 saturated heterocycles. The second-order valence-electron chi connectivity index (χ2n) is 7.54. The zero-order chi connectivity index (χ0) is 20.9. The first-order chi connectivity index (χ1) is 14.6. The van der Waals surface area contributed by atoms with Gasteiger partial charge in [0.15, 0.2) is 0 Å². The quantitative estimate of drug-likeness (QED) is 0.651. The number of fused-ring (bicyclic) bond motifs is 1. The highest BCUT2D eigenvalue weighted by Gasteiger charge is 2.19. The van der Waals surface area contributed by atoms with E-state index < -0.39 is 0 Å². The number of nitrogens with zero attached hydrogens (tertiary/aromatic N) is 3. The molecule has 1 fully saturated rings. The van der Waals surface area contributed by atoms with Crippen LogP contribution in [0.25, 0.3) is 5.52 Å². The Bertz CT molecular complexity index is 1010. The molecular weight excluding hydrogens is 383 g/mol. The zero-order valence-corrected chi connectivity index (χ0v) is 17.2. The Morgan fingerprint density at radius 1 is 1.10 bits per heavy atom. The maximum absolute atomic E-state index is 13.3. The normalized spacial score (nSPS) is 14.9. The van der Waals surface area contributed by atoms with E-state index in [-0.39, 0.29) is 18.3 Å². The van der Waals surface area contributed by atoms with Crippen LogP contribution in [0.4, 0.5) is 10.2 Å². The van der Waals surface area contributed by atoms with E-state index in [9.17, 15) is 9.18 Å². The molecule has 0 radical (unpaired) electrons. The topological polar surface area (TPSA) is 49.2 Å². The number of nitrogens with one attached hydrogen (secondary N) is 1. The molecule has 6 nitrogen and oxygen atoms in total. The van der Waals surface area contributed by atoms with E-state index in [2.05, 4.69) is 31.7 Å². The third-order valence-corrected chi connectivity index (χ3v) is 5.54. The fourth-order valence-corrected chi connectivity index (χ4v) is 3.83. The Hall–Kier alpha value is -2.90. The number of anilines is 1.